The fourth-order valence-electron chi connectivity index (χ4n) is 4.42. The zero-order valence-electron chi connectivity index (χ0n) is 18.1. The van der Waals surface area contributed by atoms with E-state index in [-0.39, 0.29) is 6.09 Å². The molecule has 2 aromatic heterocycles. The van der Waals surface area contributed by atoms with Crippen LogP contribution >= 0.6 is 11.3 Å². The SMILES string of the molecule is O=C1OCCN1c1ccc2c(c1)CN(c1ncc(Cc3ccc(-n4cccn4)cc3)s1)CC2. The molecular formula is C25H23N5O2S. The lowest BCUT2D eigenvalue weighted by Crippen LogP contribution is -2.31. The minimum atomic E-state index is -0.259. The zero-order valence-corrected chi connectivity index (χ0v) is 18.9. The summed E-state index contributed by atoms with van der Waals surface area (Å²) in [5.74, 6) is 0. The van der Waals surface area contributed by atoms with Gasteiger partial charge in [-0.2, -0.15) is 5.10 Å². The summed E-state index contributed by atoms with van der Waals surface area (Å²) in [5.41, 5.74) is 5.83. The van der Waals surface area contributed by atoms with Crippen molar-refractivity contribution in [3.8, 4) is 5.69 Å². The molecule has 0 spiro atoms. The Balaban J connectivity index is 1.15. The molecule has 0 atom stereocenters. The van der Waals surface area contributed by atoms with Gasteiger partial charge in [-0.3, -0.25) is 4.90 Å². The first kappa shape index (κ1) is 20.0. The van der Waals surface area contributed by atoms with Crippen LogP contribution < -0.4 is 9.80 Å². The number of anilines is 2. The molecule has 0 unspecified atom stereocenters. The number of carbonyl (C=O) groups excluding carboxylic acids is 1. The second kappa shape index (κ2) is 8.37. The van der Waals surface area contributed by atoms with Gasteiger partial charge in [0.15, 0.2) is 5.13 Å². The van der Waals surface area contributed by atoms with Gasteiger partial charge in [-0.25, -0.2) is 14.5 Å². The van der Waals surface area contributed by atoms with Crippen LogP contribution in [0.4, 0.5) is 15.6 Å². The largest absolute Gasteiger partial charge is 0.447 e. The molecular weight excluding hydrogens is 434 g/mol. The lowest BCUT2D eigenvalue weighted by molar-refractivity contribution is 0.181. The number of carbonyl (C=O) groups is 1. The highest BCUT2D eigenvalue weighted by atomic mass is 32.1. The van der Waals surface area contributed by atoms with Gasteiger partial charge in [-0.15, -0.1) is 11.3 Å². The number of aromatic nitrogens is 3. The molecule has 0 aliphatic carbocycles. The van der Waals surface area contributed by atoms with Gasteiger partial charge in [0, 0.05) is 48.7 Å². The number of rotatable bonds is 5. The molecule has 2 aromatic carbocycles. The Morgan fingerprint density at radius 1 is 1.03 bits per heavy atom. The van der Waals surface area contributed by atoms with Crippen molar-refractivity contribution in [3.05, 3.63) is 88.7 Å². The van der Waals surface area contributed by atoms with E-state index in [4.69, 9.17) is 9.72 Å². The molecule has 1 saturated heterocycles. The van der Waals surface area contributed by atoms with Crippen LogP contribution in [0.2, 0.25) is 0 Å². The van der Waals surface area contributed by atoms with E-state index >= 15 is 0 Å². The second-order valence-corrected chi connectivity index (χ2v) is 9.39. The van der Waals surface area contributed by atoms with Crippen molar-refractivity contribution in [2.75, 3.05) is 29.5 Å². The van der Waals surface area contributed by atoms with Crippen LogP contribution in [0.1, 0.15) is 21.6 Å². The van der Waals surface area contributed by atoms with Gasteiger partial charge in [0.25, 0.3) is 0 Å². The van der Waals surface area contributed by atoms with E-state index in [0.717, 1.165) is 42.4 Å². The smallest absolute Gasteiger partial charge is 0.414 e. The van der Waals surface area contributed by atoms with Crippen molar-refractivity contribution in [1.82, 2.24) is 14.8 Å². The molecule has 0 bridgehead atoms. The maximum Gasteiger partial charge on any atom is 0.414 e. The Morgan fingerprint density at radius 3 is 2.70 bits per heavy atom. The Morgan fingerprint density at radius 2 is 1.91 bits per heavy atom. The van der Waals surface area contributed by atoms with Gasteiger partial charge in [0.1, 0.15) is 6.61 Å². The third kappa shape index (κ3) is 3.98. The van der Waals surface area contributed by atoms with Crippen molar-refractivity contribution in [2.24, 2.45) is 0 Å². The van der Waals surface area contributed by atoms with E-state index in [0.29, 0.717) is 13.2 Å². The molecule has 0 N–H and O–H groups in total. The maximum absolute atomic E-state index is 11.9. The molecule has 166 valence electrons. The van der Waals surface area contributed by atoms with Crippen LogP contribution in [-0.2, 0) is 24.1 Å². The summed E-state index contributed by atoms with van der Waals surface area (Å²) >= 11 is 1.75. The van der Waals surface area contributed by atoms with E-state index < -0.39 is 0 Å². The van der Waals surface area contributed by atoms with E-state index in [1.165, 1.54) is 21.6 Å². The summed E-state index contributed by atoms with van der Waals surface area (Å²) in [6, 6.07) is 16.7. The summed E-state index contributed by atoms with van der Waals surface area (Å²) in [5, 5.41) is 5.33. The highest BCUT2D eigenvalue weighted by Crippen LogP contribution is 2.31. The van der Waals surface area contributed by atoms with Crippen LogP contribution in [0.3, 0.4) is 0 Å². The number of hydrogen-bond acceptors (Lipinski definition) is 6. The fourth-order valence-corrected chi connectivity index (χ4v) is 5.39. The molecule has 8 heteroatoms. The standard InChI is InChI=1S/C25H23N5O2S/c31-25-29(12-13-32-25)22-7-4-19-8-11-28(17-20(19)15-22)24-26-16-23(33-24)14-18-2-5-21(6-3-18)30-10-1-9-27-30/h1-7,9-10,15-16H,8,11-14,17H2. The summed E-state index contributed by atoms with van der Waals surface area (Å²) in [4.78, 5) is 22.0. The predicted molar refractivity (Wildman–Crippen MR) is 128 cm³/mol. The number of ether oxygens (including phenoxy) is 1. The maximum atomic E-state index is 11.9. The second-order valence-electron chi connectivity index (χ2n) is 8.29. The van der Waals surface area contributed by atoms with Crippen molar-refractivity contribution in [3.63, 3.8) is 0 Å². The highest BCUT2D eigenvalue weighted by Gasteiger charge is 2.26. The van der Waals surface area contributed by atoms with Crippen LogP contribution in [0, 0.1) is 0 Å². The molecule has 6 rings (SSSR count). The van der Waals surface area contributed by atoms with Gasteiger partial charge in [-0.1, -0.05) is 18.2 Å². The van der Waals surface area contributed by atoms with Gasteiger partial charge in [-0.05, 0) is 53.4 Å². The van der Waals surface area contributed by atoms with Gasteiger partial charge < -0.3 is 9.64 Å². The Labute approximate surface area is 195 Å². The number of cyclic esters (lactones) is 1. The van der Waals surface area contributed by atoms with Crippen molar-refractivity contribution < 1.29 is 9.53 Å². The first-order valence-electron chi connectivity index (χ1n) is 11.1. The predicted octanol–water partition coefficient (Wildman–Crippen LogP) is 4.44. The van der Waals surface area contributed by atoms with Gasteiger partial charge >= 0.3 is 6.09 Å². The quantitative estimate of drug-likeness (QED) is 0.443. The Bertz CT molecular complexity index is 1280. The Kier molecular flexibility index (Phi) is 5.07. The minimum Gasteiger partial charge on any atom is -0.447 e. The molecule has 0 radical (unpaired) electrons. The number of thiazole rings is 1. The lowest BCUT2D eigenvalue weighted by atomic mass is 9.99. The first-order valence-corrected chi connectivity index (χ1v) is 11.9. The van der Waals surface area contributed by atoms with Gasteiger partial charge in [0.05, 0.1) is 12.2 Å². The minimum absolute atomic E-state index is 0.259. The molecule has 2 aliphatic rings. The van der Waals surface area contributed by atoms with Crippen molar-refractivity contribution in [2.45, 2.75) is 19.4 Å². The van der Waals surface area contributed by atoms with Crippen molar-refractivity contribution >= 4 is 28.2 Å². The first-order chi connectivity index (χ1) is 16.2. The van der Waals surface area contributed by atoms with Crippen LogP contribution in [0.5, 0.6) is 0 Å². The summed E-state index contributed by atoms with van der Waals surface area (Å²) < 4.78 is 6.96. The van der Waals surface area contributed by atoms with E-state index in [9.17, 15) is 4.79 Å². The van der Waals surface area contributed by atoms with Crippen LogP contribution in [0.25, 0.3) is 5.69 Å². The van der Waals surface area contributed by atoms with Crippen LogP contribution in [0.15, 0.2) is 67.1 Å². The van der Waals surface area contributed by atoms with Crippen molar-refractivity contribution in [1.29, 1.82) is 0 Å². The molecule has 7 nitrogen and oxygen atoms in total. The van der Waals surface area contributed by atoms with E-state index in [1.54, 1.807) is 22.4 Å². The number of fused-ring (bicyclic) bond motifs is 1. The zero-order chi connectivity index (χ0) is 22.2. The molecule has 33 heavy (non-hydrogen) atoms. The molecule has 4 aromatic rings. The number of hydrogen-bond donors (Lipinski definition) is 0. The fraction of sp³-hybridized carbons (Fsp3) is 0.240. The Hall–Kier alpha value is -3.65. The third-order valence-corrected chi connectivity index (χ3v) is 7.23. The number of amides is 1. The van der Waals surface area contributed by atoms with Gasteiger partial charge in [0.2, 0.25) is 0 Å². The molecule has 4 heterocycles. The number of nitrogens with zero attached hydrogens (tertiary/aromatic N) is 5. The average molecular weight is 458 g/mol. The molecule has 2 aliphatic heterocycles. The van der Waals surface area contributed by atoms with E-state index in [2.05, 4.69) is 46.4 Å². The highest BCUT2D eigenvalue weighted by molar-refractivity contribution is 7.15. The van der Waals surface area contributed by atoms with E-state index in [1.807, 2.05) is 29.2 Å². The molecule has 1 fully saturated rings. The third-order valence-electron chi connectivity index (χ3n) is 6.17. The average Bonchev–Trinajstić information content (AvgIpc) is 3.61. The molecule has 1 amide bonds. The monoisotopic (exact) mass is 457 g/mol. The summed E-state index contributed by atoms with van der Waals surface area (Å²) in [7, 11) is 0. The molecule has 0 saturated carbocycles. The number of benzene rings is 2. The topological polar surface area (TPSA) is 63.5 Å². The summed E-state index contributed by atoms with van der Waals surface area (Å²) in [6.07, 6.45) is 7.30. The summed E-state index contributed by atoms with van der Waals surface area (Å²) in [6.45, 7) is 2.82. The lowest BCUT2D eigenvalue weighted by Gasteiger charge is -2.29. The normalized spacial score (nSPS) is 15.6. The van der Waals surface area contributed by atoms with Crippen LogP contribution in [-0.4, -0.2) is 40.6 Å².